The zero-order valence-corrected chi connectivity index (χ0v) is 30.9. The van der Waals surface area contributed by atoms with Gasteiger partial charge in [0.2, 0.25) is 5.91 Å². The molecule has 0 radical (unpaired) electrons. The van der Waals surface area contributed by atoms with Crippen molar-refractivity contribution in [2.75, 3.05) is 32.9 Å². The zero-order valence-electron chi connectivity index (χ0n) is 30.9. The maximum atomic E-state index is 12.6. The number of carbonyl (C=O) groups is 3. The number of ether oxygens (including phenoxy) is 2. The van der Waals surface area contributed by atoms with Crippen molar-refractivity contribution < 1.29 is 29.0 Å². The first kappa shape index (κ1) is 45.3. The molecule has 47 heavy (non-hydrogen) atoms. The monoisotopic (exact) mass is 669 g/mol. The van der Waals surface area contributed by atoms with Crippen LogP contribution >= 0.6 is 0 Å². The van der Waals surface area contributed by atoms with Gasteiger partial charge in [-0.2, -0.15) is 0 Å². The maximum Gasteiger partial charge on any atom is 0.305 e. The van der Waals surface area contributed by atoms with E-state index in [9.17, 15) is 19.5 Å². The standard InChI is InChI=1S/C39H76N2O6/c1-3-5-7-9-11-13-15-17-19-21-23-25-27-29-37(43)46-33-31-41(39(45)36(40)35-42)32-34-47-38(44)30-28-26-24-22-20-18-16-14-12-10-8-6-4-2/h36,42H,3-35,40H2,1-2H3. The average Bonchev–Trinajstić information content (AvgIpc) is 3.07. The summed E-state index contributed by atoms with van der Waals surface area (Å²) < 4.78 is 10.7. The summed E-state index contributed by atoms with van der Waals surface area (Å²) >= 11 is 0. The number of nitrogens with zero attached hydrogens (tertiary/aromatic N) is 1. The summed E-state index contributed by atoms with van der Waals surface area (Å²) in [5.41, 5.74) is 5.75. The molecule has 1 unspecified atom stereocenters. The van der Waals surface area contributed by atoms with Crippen LogP contribution in [0.5, 0.6) is 0 Å². The fourth-order valence-corrected chi connectivity index (χ4v) is 5.90. The van der Waals surface area contributed by atoms with E-state index in [1.807, 2.05) is 0 Å². The molecule has 1 atom stereocenters. The molecule has 0 rings (SSSR count). The number of aliphatic hydroxyl groups excluding tert-OH is 1. The van der Waals surface area contributed by atoms with Gasteiger partial charge >= 0.3 is 11.9 Å². The highest BCUT2D eigenvalue weighted by Gasteiger charge is 2.21. The minimum atomic E-state index is -1.06. The second-order valence-electron chi connectivity index (χ2n) is 13.5. The van der Waals surface area contributed by atoms with Crippen LogP contribution < -0.4 is 5.73 Å². The fraction of sp³-hybridized carbons (Fsp3) is 0.923. The van der Waals surface area contributed by atoms with Crippen LogP contribution in [0.2, 0.25) is 0 Å². The minimum Gasteiger partial charge on any atom is -0.464 e. The van der Waals surface area contributed by atoms with Crippen LogP contribution in [-0.2, 0) is 23.9 Å². The van der Waals surface area contributed by atoms with Crippen LogP contribution in [0.1, 0.15) is 194 Å². The van der Waals surface area contributed by atoms with Gasteiger partial charge in [0, 0.05) is 12.8 Å². The Labute approximate surface area is 289 Å². The summed E-state index contributed by atoms with van der Waals surface area (Å²) in [5.74, 6) is -0.986. The molecule has 8 nitrogen and oxygen atoms in total. The van der Waals surface area contributed by atoms with Gasteiger partial charge in [0.1, 0.15) is 19.3 Å². The van der Waals surface area contributed by atoms with Crippen molar-refractivity contribution in [3.05, 3.63) is 0 Å². The van der Waals surface area contributed by atoms with Gasteiger partial charge < -0.3 is 25.2 Å². The van der Waals surface area contributed by atoms with Crippen LogP contribution in [0.3, 0.4) is 0 Å². The third-order valence-corrected chi connectivity index (χ3v) is 9.04. The summed E-state index contributed by atoms with van der Waals surface area (Å²) in [7, 11) is 0. The predicted octanol–water partition coefficient (Wildman–Crippen LogP) is 9.18. The van der Waals surface area contributed by atoms with Crippen LogP contribution in [0.25, 0.3) is 0 Å². The lowest BCUT2D eigenvalue weighted by molar-refractivity contribution is -0.148. The summed E-state index contributed by atoms with van der Waals surface area (Å²) in [6.07, 6.45) is 33.3. The van der Waals surface area contributed by atoms with Crippen molar-refractivity contribution in [2.24, 2.45) is 5.73 Å². The number of unbranched alkanes of at least 4 members (excludes halogenated alkanes) is 24. The van der Waals surface area contributed by atoms with Crippen molar-refractivity contribution >= 4 is 17.8 Å². The molecule has 0 spiro atoms. The van der Waals surface area contributed by atoms with E-state index in [-0.39, 0.29) is 38.2 Å². The summed E-state index contributed by atoms with van der Waals surface area (Å²) in [6, 6.07) is -1.06. The molecule has 0 aliphatic heterocycles. The van der Waals surface area contributed by atoms with Gasteiger partial charge in [0.05, 0.1) is 19.7 Å². The van der Waals surface area contributed by atoms with Crippen molar-refractivity contribution in [2.45, 2.75) is 200 Å². The Morgan fingerprint density at radius 1 is 0.511 bits per heavy atom. The van der Waals surface area contributed by atoms with Gasteiger partial charge in [-0.3, -0.25) is 14.4 Å². The molecule has 0 fully saturated rings. The number of rotatable bonds is 36. The third-order valence-electron chi connectivity index (χ3n) is 9.04. The summed E-state index contributed by atoms with van der Waals surface area (Å²) in [4.78, 5) is 38.4. The van der Waals surface area contributed by atoms with Gasteiger partial charge in [0.15, 0.2) is 0 Å². The highest BCUT2D eigenvalue weighted by molar-refractivity contribution is 5.81. The lowest BCUT2D eigenvalue weighted by Crippen LogP contribution is -2.48. The Morgan fingerprint density at radius 3 is 1.06 bits per heavy atom. The first-order chi connectivity index (χ1) is 23.0. The first-order valence-corrected chi connectivity index (χ1v) is 19.9. The maximum absolute atomic E-state index is 12.6. The highest BCUT2D eigenvalue weighted by atomic mass is 16.5. The lowest BCUT2D eigenvalue weighted by atomic mass is 10.0. The Balaban J connectivity index is 3.92. The number of hydrogen-bond donors (Lipinski definition) is 2. The largest absolute Gasteiger partial charge is 0.464 e. The van der Waals surface area contributed by atoms with Gasteiger partial charge in [-0.05, 0) is 12.8 Å². The second kappa shape index (κ2) is 35.6. The zero-order chi connectivity index (χ0) is 34.6. The van der Waals surface area contributed by atoms with E-state index in [4.69, 9.17) is 15.2 Å². The SMILES string of the molecule is CCCCCCCCCCCCCCCC(=O)OCCN(CCOC(=O)CCCCCCCCCCCCCCC)C(=O)C(N)CO. The molecule has 3 N–H and O–H groups in total. The quantitative estimate of drug-likeness (QED) is 0.0505. The fourth-order valence-electron chi connectivity index (χ4n) is 5.90. The average molecular weight is 669 g/mol. The Morgan fingerprint density at radius 2 is 0.787 bits per heavy atom. The van der Waals surface area contributed by atoms with E-state index in [1.54, 1.807) is 0 Å². The number of carbonyl (C=O) groups excluding carboxylic acids is 3. The molecule has 0 saturated carbocycles. The first-order valence-electron chi connectivity index (χ1n) is 19.9. The lowest BCUT2D eigenvalue weighted by Gasteiger charge is -2.24. The minimum absolute atomic E-state index is 0.0497. The van der Waals surface area contributed by atoms with Crippen molar-refractivity contribution in [3.8, 4) is 0 Å². The normalized spacial score (nSPS) is 11.8. The van der Waals surface area contributed by atoms with Gasteiger partial charge in [-0.15, -0.1) is 0 Å². The van der Waals surface area contributed by atoms with Gasteiger partial charge in [-0.1, -0.05) is 168 Å². The molecular formula is C39H76N2O6. The molecule has 278 valence electrons. The molecule has 0 saturated heterocycles. The van der Waals surface area contributed by atoms with E-state index in [0.717, 1.165) is 38.5 Å². The number of amides is 1. The van der Waals surface area contributed by atoms with E-state index in [0.29, 0.717) is 12.8 Å². The molecule has 0 bridgehead atoms. The van der Waals surface area contributed by atoms with E-state index in [1.165, 1.54) is 133 Å². The molecular weight excluding hydrogens is 592 g/mol. The number of aliphatic hydroxyl groups is 1. The van der Waals surface area contributed by atoms with Crippen molar-refractivity contribution in [3.63, 3.8) is 0 Å². The molecule has 0 aliphatic carbocycles. The van der Waals surface area contributed by atoms with Gasteiger partial charge in [0.25, 0.3) is 0 Å². The van der Waals surface area contributed by atoms with Crippen molar-refractivity contribution in [1.82, 2.24) is 4.90 Å². The summed E-state index contributed by atoms with van der Waals surface area (Å²) in [5, 5.41) is 9.34. The molecule has 0 aromatic heterocycles. The van der Waals surface area contributed by atoms with Crippen LogP contribution in [0, 0.1) is 0 Å². The Hall–Kier alpha value is -1.67. The van der Waals surface area contributed by atoms with E-state index >= 15 is 0 Å². The van der Waals surface area contributed by atoms with Crippen LogP contribution in [-0.4, -0.2) is 66.8 Å². The van der Waals surface area contributed by atoms with Gasteiger partial charge in [-0.25, -0.2) is 0 Å². The Bertz CT molecular complexity index is 672. The number of esters is 2. The molecule has 0 heterocycles. The smallest absolute Gasteiger partial charge is 0.305 e. The van der Waals surface area contributed by atoms with E-state index < -0.39 is 18.6 Å². The topological polar surface area (TPSA) is 119 Å². The predicted molar refractivity (Wildman–Crippen MR) is 194 cm³/mol. The third kappa shape index (κ3) is 31.4. The van der Waals surface area contributed by atoms with E-state index in [2.05, 4.69) is 13.8 Å². The molecule has 0 aliphatic rings. The molecule has 0 aromatic rings. The number of hydrogen-bond acceptors (Lipinski definition) is 7. The van der Waals surface area contributed by atoms with Crippen molar-refractivity contribution in [1.29, 1.82) is 0 Å². The molecule has 0 aromatic carbocycles. The van der Waals surface area contributed by atoms with Crippen LogP contribution in [0.4, 0.5) is 0 Å². The molecule has 8 heteroatoms. The second-order valence-corrected chi connectivity index (χ2v) is 13.5. The summed E-state index contributed by atoms with van der Waals surface area (Å²) in [6.45, 7) is 4.42. The Kier molecular flexibility index (Phi) is 34.4. The molecule has 1 amide bonds. The highest BCUT2D eigenvalue weighted by Crippen LogP contribution is 2.14. The van der Waals surface area contributed by atoms with Crippen LogP contribution in [0.15, 0.2) is 0 Å². The number of nitrogens with two attached hydrogens (primary N) is 1.